The van der Waals surface area contributed by atoms with Crippen LogP contribution in [0.3, 0.4) is 0 Å². The number of rotatable bonds is 5. The minimum atomic E-state index is -0.980. The van der Waals surface area contributed by atoms with Crippen LogP contribution in [0.1, 0.15) is 10.5 Å². The van der Waals surface area contributed by atoms with Crippen molar-refractivity contribution in [1.29, 1.82) is 0 Å². The summed E-state index contributed by atoms with van der Waals surface area (Å²) < 4.78 is 14.6. The molecular weight excluding hydrogens is 283 g/mol. The fraction of sp³-hybridized carbons (Fsp3) is 0.182. The molecule has 1 heterocycles. The number of aromatic nitrogens is 3. The van der Waals surface area contributed by atoms with E-state index in [9.17, 15) is 19.3 Å². The SMILES string of the molecule is NCCn1cc(C(=O)Nc2ccc(F)c([N+](=O)[O-])c2)nn1. The summed E-state index contributed by atoms with van der Waals surface area (Å²) >= 11 is 0. The number of amides is 1. The summed E-state index contributed by atoms with van der Waals surface area (Å²) in [6, 6.07) is 3.04. The van der Waals surface area contributed by atoms with Gasteiger partial charge in [0.1, 0.15) is 0 Å². The Kier molecular flexibility index (Phi) is 4.18. The molecule has 0 fully saturated rings. The van der Waals surface area contributed by atoms with Crippen LogP contribution in [0.15, 0.2) is 24.4 Å². The number of anilines is 1. The Morgan fingerprint density at radius 3 is 2.95 bits per heavy atom. The van der Waals surface area contributed by atoms with Crippen LogP contribution >= 0.6 is 0 Å². The van der Waals surface area contributed by atoms with Crippen molar-refractivity contribution in [3.8, 4) is 0 Å². The monoisotopic (exact) mass is 294 g/mol. The highest BCUT2D eigenvalue weighted by Gasteiger charge is 2.17. The van der Waals surface area contributed by atoms with Gasteiger partial charge in [-0.05, 0) is 12.1 Å². The molecule has 9 nitrogen and oxygen atoms in total. The number of nitrogens with one attached hydrogen (secondary N) is 1. The quantitative estimate of drug-likeness (QED) is 0.611. The molecule has 2 aromatic rings. The summed E-state index contributed by atoms with van der Waals surface area (Å²) in [5.74, 6) is -1.59. The Morgan fingerprint density at radius 2 is 2.29 bits per heavy atom. The second-order valence-electron chi connectivity index (χ2n) is 4.03. The zero-order valence-corrected chi connectivity index (χ0v) is 10.7. The molecule has 1 aromatic heterocycles. The van der Waals surface area contributed by atoms with Crippen LogP contribution in [0.25, 0.3) is 0 Å². The molecule has 0 aliphatic heterocycles. The lowest BCUT2D eigenvalue weighted by Gasteiger charge is -2.03. The van der Waals surface area contributed by atoms with Crippen LogP contribution < -0.4 is 11.1 Å². The van der Waals surface area contributed by atoms with Crippen LogP contribution in [0.4, 0.5) is 15.8 Å². The summed E-state index contributed by atoms with van der Waals surface area (Å²) in [5.41, 5.74) is 4.73. The summed E-state index contributed by atoms with van der Waals surface area (Å²) in [6.45, 7) is 0.747. The third kappa shape index (κ3) is 3.36. The van der Waals surface area contributed by atoms with Crippen molar-refractivity contribution in [3.63, 3.8) is 0 Å². The zero-order chi connectivity index (χ0) is 15.4. The summed E-state index contributed by atoms with van der Waals surface area (Å²) in [6.07, 6.45) is 1.39. The standard InChI is InChI=1S/C11H11FN6O3/c12-8-2-1-7(5-10(8)18(20)21)14-11(19)9-6-17(4-3-13)16-15-9/h1-2,5-6H,3-4,13H2,(H,14,19). The molecule has 0 spiro atoms. The molecule has 110 valence electrons. The van der Waals surface area contributed by atoms with Crippen molar-refractivity contribution in [2.45, 2.75) is 6.54 Å². The van der Waals surface area contributed by atoms with E-state index in [0.717, 1.165) is 12.1 Å². The van der Waals surface area contributed by atoms with Crippen LogP contribution in [-0.4, -0.2) is 32.4 Å². The van der Waals surface area contributed by atoms with E-state index in [1.54, 1.807) is 0 Å². The Balaban J connectivity index is 2.15. The number of nitro groups is 1. The maximum absolute atomic E-state index is 13.2. The Bertz CT molecular complexity index is 686. The van der Waals surface area contributed by atoms with Gasteiger partial charge in [-0.2, -0.15) is 4.39 Å². The zero-order valence-electron chi connectivity index (χ0n) is 10.7. The van der Waals surface area contributed by atoms with Crippen molar-refractivity contribution in [2.75, 3.05) is 11.9 Å². The van der Waals surface area contributed by atoms with E-state index in [1.165, 1.54) is 16.9 Å². The average Bonchev–Trinajstić information content (AvgIpc) is 2.90. The smallest absolute Gasteiger partial charge is 0.306 e. The van der Waals surface area contributed by atoms with Crippen LogP contribution in [0, 0.1) is 15.9 Å². The second kappa shape index (κ2) is 6.05. The summed E-state index contributed by atoms with van der Waals surface area (Å²) in [7, 11) is 0. The molecular formula is C11H11FN6O3. The Labute approximate surface area is 117 Å². The van der Waals surface area contributed by atoms with E-state index in [2.05, 4.69) is 15.6 Å². The number of halogens is 1. The van der Waals surface area contributed by atoms with E-state index in [4.69, 9.17) is 5.73 Å². The van der Waals surface area contributed by atoms with Gasteiger partial charge in [0.25, 0.3) is 5.91 Å². The molecule has 3 N–H and O–H groups in total. The molecule has 1 aromatic carbocycles. The third-order valence-corrected chi connectivity index (χ3v) is 2.53. The van der Waals surface area contributed by atoms with Gasteiger partial charge in [-0.1, -0.05) is 5.21 Å². The molecule has 0 unspecified atom stereocenters. The maximum Gasteiger partial charge on any atom is 0.306 e. The molecule has 0 aliphatic rings. The number of benzene rings is 1. The number of carbonyl (C=O) groups excluding carboxylic acids is 1. The highest BCUT2D eigenvalue weighted by molar-refractivity contribution is 6.02. The molecule has 21 heavy (non-hydrogen) atoms. The predicted octanol–water partition coefficient (Wildman–Crippen LogP) is 0.536. The van der Waals surface area contributed by atoms with Gasteiger partial charge in [0.05, 0.1) is 17.7 Å². The van der Waals surface area contributed by atoms with Crippen molar-refractivity contribution in [3.05, 3.63) is 46.0 Å². The first-order valence-corrected chi connectivity index (χ1v) is 5.86. The molecule has 0 bridgehead atoms. The third-order valence-electron chi connectivity index (χ3n) is 2.53. The van der Waals surface area contributed by atoms with Gasteiger partial charge in [0, 0.05) is 18.3 Å². The van der Waals surface area contributed by atoms with Gasteiger partial charge < -0.3 is 11.1 Å². The number of hydrogen-bond donors (Lipinski definition) is 2. The fourth-order valence-electron chi connectivity index (χ4n) is 1.57. The molecule has 10 heteroatoms. The minimum absolute atomic E-state index is 0.0235. The molecule has 0 saturated heterocycles. The normalized spacial score (nSPS) is 10.4. The average molecular weight is 294 g/mol. The summed E-state index contributed by atoms with van der Waals surface area (Å²) in [4.78, 5) is 21.6. The van der Waals surface area contributed by atoms with E-state index >= 15 is 0 Å². The number of hydrogen-bond acceptors (Lipinski definition) is 6. The van der Waals surface area contributed by atoms with Gasteiger partial charge in [-0.25, -0.2) is 0 Å². The molecule has 1 amide bonds. The van der Waals surface area contributed by atoms with Crippen LogP contribution in [-0.2, 0) is 6.54 Å². The number of carbonyl (C=O) groups is 1. The van der Waals surface area contributed by atoms with E-state index in [0.29, 0.717) is 13.1 Å². The van der Waals surface area contributed by atoms with Gasteiger partial charge in [0.15, 0.2) is 5.69 Å². The number of nitrogens with two attached hydrogens (primary N) is 1. The van der Waals surface area contributed by atoms with Crippen LogP contribution in [0.2, 0.25) is 0 Å². The largest absolute Gasteiger partial charge is 0.329 e. The van der Waals surface area contributed by atoms with Crippen LogP contribution in [0.5, 0.6) is 0 Å². The first-order chi connectivity index (χ1) is 10.0. The topological polar surface area (TPSA) is 129 Å². The fourth-order valence-corrected chi connectivity index (χ4v) is 1.57. The predicted molar refractivity (Wildman–Crippen MR) is 70.1 cm³/mol. The maximum atomic E-state index is 13.2. The molecule has 2 rings (SSSR count). The molecule has 0 atom stereocenters. The molecule has 0 saturated carbocycles. The second-order valence-corrected chi connectivity index (χ2v) is 4.03. The summed E-state index contributed by atoms with van der Waals surface area (Å²) in [5, 5.41) is 20.3. The lowest BCUT2D eigenvalue weighted by Crippen LogP contribution is -2.13. The first kappa shape index (κ1) is 14.5. The van der Waals surface area contributed by atoms with E-state index in [1.807, 2.05) is 0 Å². The van der Waals surface area contributed by atoms with Gasteiger partial charge >= 0.3 is 5.69 Å². The van der Waals surface area contributed by atoms with Gasteiger partial charge in [-0.3, -0.25) is 19.6 Å². The highest BCUT2D eigenvalue weighted by Crippen LogP contribution is 2.21. The lowest BCUT2D eigenvalue weighted by atomic mass is 10.2. The Morgan fingerprint density at radius 1 is 1.52 bits per heavy atom. The van der Waals surface area contributed by atoms with Gasteiger partial charge in [-0.15, -0.1) is 5.10 Å². The van der Waals surface area contributed by atoms with Crippen molar-refractivity contribution in [1.82, 2.24) is 15.0 Å². The van der Waals surface area contributed by atoms with Crippen molar-refractivity contribution >= 4 is 17.3 Å². The van der Waals surface area contributed by atoms with Crippen molar-refractivity contribution < 1.29 is 14.1 Å². The minimum Gasteiger partial charge on any atom is -0.329 e. The highest BCUT2D eigenvalue weighted by atomic mass is 19.1. The molecule has 0 radical (unpaired) electrons. The van der Waals surface area contributed by atoms with E-state index in [-0.39, 0.29) is 11.4 Å². The van der Waals surface area contributed by atoms with E-state index < -0.39 is 22.3 Å². The van der Waals surface area contributed by atoms with Gasteiger partial charge in [0.2, 0.25) is 5.82 Å². The Hall–Kier alpha value is -2.88. The number of nitrogens with zero attached hydrogens (tertiary/aromatic N) is 4. The first-order valence-electron chi connectivity index (χ1n) is 5.86. The molecule has 0 aliphatic carbocycles. The number of nitro benzene ring substituents is 1. The van der Waals surface area contributed by atoms with Crippen molar-refractivity contribution in [2.24, 2.45) is 5.73 Å². The lowest BCUT2D eigenvalue weighted by molar-refractivity contribution is -0.387.